The average Bonchev–Trinajstić information content (AvgIpc) is 3.01. The second kappa shape index (κ2) is 5.98. The summed E-state index contributed by atoms with van der Waals surface area (Å²) in [6.07, 6.45) is 1.60. The van der Waals surface area contributed by atoms with Crippen molar-refractivity contribution in [2.24, 2.45) is 4.99 Å². The van der Waals surface area contributed by atoms with Gasteiger partial charge in [0, 0.05) is 23.0 Å². The van der Waals surface area contributed by atoms with Crippen LogP contribution in [0.15, 0.2) is 53.7 Å². The predicted octanol–water partition coefficient (Wildman–Crippen LogP) is 3.60. The summed E-state index contributed by atoms with van der Waals surface area (Å²) >= 11 is 0. The second-order valence-corrected chi connectivity index (χ2v) is 5.93. The van der Waals surface area contributed by atoms with Gasteiger partial charge >= 0.3 is 0 Å². The molecule has 0 saturated carbocycles. The SMILES string of the molecule is Cc1cc(C2=NCc3ccc(Nc4ccnc(N)n4)cc32)ccc1F. The molecule has 6 heteroatoms. The number of nitrogens with one attached hydrogen (secondary N) is 1. The van der Waals surface area contributed by atoms with Gasteiger partial charge in [0.25, 0.3) is 0 Å². The number of aryl methyl sites for hydroxylation is 1. The van der Waals surface area contributed by atoms with Crippen molar-refractivity contribution in [3.05, 3.63) is 76.7 Å². The van der Waals surface area contributed by atoms with E-state index >= 15 is 0 Å². The van der Waals surface area contributed by atoms with Gasteiger partial charge in [0.2, 0.25) is 5.95 Å². The van der Waals surface area contributed by atoms with E-state index in [1.54, 1.807) is 25.3 Å². The molecule has 0 saturated heterocycles. The smallest absolute Gasteiger partial charge is 0.221 e. The summed E-state index contributed by atoms with van der Waals surface area (Å²) in [5.74, 6) is 0.635. The highest BCUT2D eigenvalue weighted by molar-refractivity contribution is 6.15. The normalized spacial score (nSPS) is 12.6. The zero-order valence-electron chi connectivity index (χ0n) is 13.6. The van der Waals surface area contributed by atoms with E-state index in [2.05, 4.69) is 20.3 Å². The summed E-state index contributed by atoms with van der Waals surface area (Å²) in [6.45, 7) is 2.38. The average molecular weight is 333 g/mol. The van der Waals surface area contributed by atoms with Crippen LogP contribution in [-0.4, -0.2) is 15.7 Å². The van der Waals surface area contributed by atoms with Gasteiger partial charge in [0.15, 0.2) is 0 Å². The van der Waals surface area contributed by atoms with Gasteiger partial charge in [-0.15, -0.1) is 0 Å². The molecule has 1 aliphatic rings. The summed E-state index contributed by atoms with van der Waals surface area (Å²) < 4.78 is 13.5. The Morgan fingerprint density at radius 2 is 2.00 bits per heavy atom. The molecule has 124 valence electrons. The van der Waals surface area contributed by atoms with Crippen molar-refractivity contribution in [3.63, 3.8) is 0 Å². The first-order valence-corrected chi connectivity index (χ1v) is 7.90. The first kappa shape index (κ1) is 15.3. The number of nitrogen functional groups attached to an aromatic ring is 1. The summed E-state index contributed by atoms with van der Waals surface area (Å²) in [6, 6.07) is 12.9. The van der Waals surface area contributed by atoms with Crippen molar-refractivity contribution in [2.75, 3.05) is 11.1 Å². The Morgan fingerprint density at radius 1 is 1.12 bits per heavy atom. The molecule has 0 fully saturated rings. The number of benzene rings is 2. The maximum absolute atomic E-state index is 13.5. The lowest BCUT2D eigenvalue weighted by molar-refractivity contribution is 0.618. The Hall–Kier alpha value is -3.28. The van der Waals surface area contributed by atoms with Crippen LogP contribution >= 0.6 is 0 Å². The first-order chi connectivity index (χ1) is 12.1. The molecule has 0 radical (unpaired) electrons. The molecule has 0 amide bonds. The summed E-state index contributed by atoms with van der Waals surface area (Å²) in [7, 11) is 0. The highest BCUT2D eigenvalue weighted by Crippen LogP contribution is 2.28. The van der Waals surface area contributed by atoms with Crippen LogP contribution in [0.5, 0.6) is 0 Å². The fraction of sp³-hybridized carbons (Fsp3) is 0.105. The zero-order valence-corrected chi connectivity index (χ0v) is 13.6. The molecule has 1 aromatic heterocycles. The minimum Gasteiger partial charge on any atom is -0.368 e. The van der Waals surface area contributed by atoms with Crippen LogP contribution in [-0.2, 0) is 6.54 Å². The van der Waals surface area contributed by atoms with Crippen LogP contribution in [0.4, 0.5) is 21.8 Å². The van der Waals surface area contributed by atoms with Gasteiger partial charge in [-0.05, 0) is 54.4 Å². The number of nitrogens with two attached hydrogens (primary N) is 1. The van der Waals surface area contributed by atoms with Gasteiger partial charge in [0.05, 0.1) is 12.3 Å². The second-order valence-electron chi connectivity index (χ2n) is 5.93. The molecule has 0 spiro atoms. The van der Waals surface area contributed by atoms with E-state index in [4.69, 9.17) is 5.73 Å². The summed E-state index contributed by atoms with van der Waals surface area (Å²) in [5, 5.41) is 3.22. The molecule has 2 heterocycles. The Labute approximate surface area is 144 Å². The van der Waals surface area contributed by atoms with Gasteiger partial charge in [0.1, 0.15) is 11.6 Å². The van der Waals surface area contributed by atoms with Crippen molar-refractivity contribution in [1.82, 2.24) is 9.97 Å². The Morgan fingerprint density at radius 3 is 2.80 bits per heavy atom. The molecule has 0 atom stereocenters. The fourth-order valence-corrected chi connectivity index (χ4v) is 2.89. The number of aromatic nitrogens is 2. The number of anilines is 3. The van der Waals surface area contributed by atoms with Gasteiger partial charge in [-0.2, -0.15) is 4.98 Å². The number of rotatable bonds is 3. The lowest BCUT2D eigenvalue weighted by Crippen LogP contribution is -2.04. The molecular formula is C19H16FN5. The number of hydrogen-bond acceptors (Lipinski definition) is 5. The predicted molar refractivity (Wildman–Crippen MR) is 96.6 cm³/mol. The number of nitrogens with zero attached hydrogens (tertiary/aromatic N) is 3. The standard InChI is InChI=1S/C19H16FN5/c1-11-8-12(3-5-16(11)20)18-15-9-14(4-2-13(15)10-23-18)24-17-6-7-22-19(21)25-17/h2-9H,10H2,1H3,(H3,21,22,24,25). The monoisotopic (exact) mass is 333 g/mol. The lowest BCUT2D eigenvalue weighted by atomic mass is 9.98. The van der Waals surface area contributed by atoms with Gasteiger partial charge in [-0.1, -0.05) is 6.07 Å². The van der Waals surface area contributed by atoms with Crippen LogP contribution in [0.1, 0.15) is 22.3 Å². The number of hydrogen-bond donors (Lipinski definition) is 2. The number of halogens is 1. The quantitative estimate of drug-likeness (QED) is 0.768. The molecule has 5 nitrogen and oxygen atoms in total. The Bertz CT molecular complexity index is 997. The zero-order chi connectivity index (χ0) is 17.4. The van der Waals surface area contributed by atoms with E-state index in [0.29, 0.717) is 17.9 Å². The van der Waals surface area contributed by atoms with E-state index in [1.165, 1.54) is 6.07 Å². The number of fused-ring (bicyclic) bond motifs is 1. The molecular weight excluding hydrogens is 317 g/mol. The topological polar surface area (TPSA) is 76.2 Å². The lowest BCUT2D eigenvalue weighted by Gasteiger charge is -2.10. The Balaban J connectivity index is 1.68. The number of aliphatic imine (C=N–C) groups is 1. The van der Waals surface area contributed by atoms with Crippen LogP contribution in [0, 0.1) is 12.7 Å². The molecule has 1 aliphatic heterocycles. The maximum Gasteiger partial charge on any atom is 0.221 e. The van der Waals surface area contributed by atoms with Crippen molar-refractivity contribution in [2.45, 2.75) is 13.5 Å². The molecule has 0 bridgehead atoms. The largest absolute Gasteiger partial charge is 0.368 e. The third-order valence-corrected chi connectivity index (χ3v) is 4.15. The molecule has 2 aromatic carbocycles. The molecule has 4 rings (SSSR count). The van der Waals surface area contributed by atoms with E-state index < -0.39 is 0 Å². The van der Waals surface area contributed by atoms with E-state index in [1.807, 2.05) is 24.3 Å². The van der Waals surface area contributed by atoms with Crippen LogP contribution in [0.2, 0.25) is 0 Å². The molecule has 0 aliphatic carbocycles. The molecule has 0 unspecified atom stereocenters. The van der Waals surface area contributed by atoms with E-state index in [9.17, 15) is 4.39 Å². The highest BCUT2D eigenvalue weighted by atomic mass is 19.1. The summed E-state index contributed by atoms with van der Waals surface area (Å²) in [4.78, 5) is 12.7. The summed E-state index contributed by atoms with van der Waals surface area (Å²) in [5.41, 5.74) is 11.1. The maximum atomic E-state index is 13.5. The van der Waals surface area contributed by atoms with Gasteiger partial charge in [-0.25, -0.2) is 9.37 Å². The minimum absolute atomic E-state index is 0.209. The van der Waals surface area contributed by atoms with Crippen LogP contribution in [0.25, 0.3) is 0 Å². The molecule has 3 N–H and O–H groups in total. The van der Waals surface area contributed by atoms with Crippen LogP contribution < -0.4 is 11.1 Å². The third kappa shape index (κ3) is 2.94. The van der Waals surface area contributed by atoms with Crippen LogP contribution in [0.3, 0.4) is 0 Å². The fourth-order valence-electron chi connectivity index (χ4n) is 2.89. The molecule has 3 aromatic rings. The van der Waals surface area contributed by atoms with E-state index in [-0.39, 0.29) is 11.8 Å². The minimum atomic E-state index is -0.209. The third-order valence-electron chi connectivity index (χ3n) is 4.15. The van der Waals surface area contributed by atoms with E-state index in [0.717, 1.165) is 28.1 Å². The Kier molecular flexibility index (Phi) is 3.65. The van der Waals surface area contributed by atoms with Crippen molar-refractivity contribution in [3.8, 4) is 0 Å². The molecule has 25 heavy (non-hydrogen) atoms. The van der Waals surface area contributed by atoms with Crippen molar-refractivity contribution in [1.29, 1.82) is 0 Å². The van der Waals surface area contributed by atoms with Crippen molar-refractivity contribution < 1.29 is 4.39 Å². The van der Waals surface area contributed by atoms with Gasteiger partial charge < -0.3 is 11.1 Å². The van der Waals surface area contributed by atoms with Gasteiger partial charge in [-0.3, -0.25) is 4.99 Å². The highest BCUT2D eigenvalue weighted by Gasteiger charge is 2.18. The van der Waals surface area contributed by atoms with Crippen molar-refractivity contribution >= 4 is 23.2 Å². The first-order valence-electron chi connectivity index (χ1n) is 7.90.